The van der Waals surface area contributed by atoms with E-state index < -0.39 is 0 Å². The van der Waals surface area contributed by atoms with Gasteiger partial charge in [-0.2, -0.15) is 0 Å². The van der Waals surface area contributed by atoms with Crippen LogP contribution in [0, 0.1) is 5.92 Å². The number of benzene rings is 1. The van der Waals surface area contributed by atoms with E-state index >= 15 is 0 Å². The van der Waals surface area contributed by atoms with Crippen LogP contribution >= 0.6 is 28.6 Å². The van der Waals surface area contributed by atoms with Crippen molar-refractivity contribution in [2.75, 3.05) is 13.1 Å². The van der Waals surface area contributed by atoms with Crippen molar-refractivity contribution in [3.05, 3.63) is 28.2 Å². The number of nitrogens with two attached hydrogens (primary N) is 1. The zero-order valence-electron chi connectivity index (χ0n) is 11.0. The quantitative estimate of drug-likeness (QED) is 0.817. The summed E-state index contributed by atoms with van der Waals surface area (Å²) in [7, 11) is 0. The molecule has 1 aromatic carbocycles. The molecule has 0 bridgehead atoms. The second-order valence-electron chi connectivity index (χ2n) is 5.07. The highest BCUT2D eigenvalue weighted by atomic mass is 79.9. The number of nitrogens with zero attached hydrogens (tertiary/aromatic N) is 1. The first-order valence-corrected chi connectivity index (χ1v) is 7.77. The third kappa shape index (κ3) is 3.76. The van der Waals surface area contributed by atoms with Crippen molar-refractivity contribution in [2.45, 2.75) is 24.2 Å². The Hall–Kier alpha value is -1.01. The number of primary amides is 1. The maximum absolute atomic E-state index is 12.4. The topological polar surface area (TPSA) is 63.4 Å². The maximum Gasteiger partial charge on any atom is 0.254 e. The van der Waals surface area contributed by atoms with Gasteiger partial charge >= 0.3 is 0 Å². The van der Waals surface area contributed by atoms with Crippen LogP contribution in [0.2, 0.25) is 0 Å². The van der Waals surface area contributed by atoms with Gasteiger partial charge in [0.2, 0.25) is 5.91 Å². The van der Waals surface area contributed by atoms with Crippen LogP contribution < -0.4 is 5.73 Å². The van der Waals surface area contributed by atoms with Gasteiger partial charge in [0.25, 0.3) is 5.91 Å². The molecule has 0 saturated carbocycles. The molecule has 0 unspecified atom stereocenters. The average Bonchev–Trinajstić information content (AvgIpc) is 2.38. The van der Waals surface area contributed by atoms with Gasteiger partial charge in [0.15, 0.2) is 0 Å². The van der Waals surface area contributed by atoms with Crippen LogP contribution in [0.1, 0.15) is 29.6 Å². The van der Waals surface area contributed by atoms with Gasteiger partial charge < -0.3 is 10.6 Å². The van der Waals surface area contributed by atoms with Crippen molar-refractivity contribution in [1.82, 2.24) is 4.90 Å². The first-order valence-electron chi connectivity index (χ1n) is 6.53. The summed E-state index contributed by atoms with van der Waals surface area (Å²) in [6.07, 6.45) is 2.07. The van der Waals surface area contributed by atoms with E-state index in [4.69, 9.17) is 5.73 Å². The number of rotatable bonds is 3. The second-order valence-corrected chi connectivity index (χ2v) is 6.46. The van der Waals surface area contributed by atoms with Crippen molar-refractivity contribution in [3.63, 3.8) is 0 Å². The molecule has 1 heterocycles. The predicted molar refractivity (Wildman–Crippen MR) is 83.8 cm³/mol. The number of likely N-dealkylation sites (tertiary alicyclic amines) is 1. The summed E-state index contributed by atoms with van der Waals surface area (Å²) in [5.41, 5.74) is 5.82. The number of piperidine rings is 1. The molecular formula is C14H17BrN2O2S. The number of hydrogen-bond donors (Lipinski definition) is 2. The third-order valence-electron chi connectivity index (χ3n) is 3.58. The van der Waals surface area contributed by atoms with Crippen LogP contribution in [-0.4, -0.2) is 29.8 Å². The monoisotopic (exact) mass is 356 g/mol. The summed E-state index contributed by atoms with van der Waals surface area (Å²) in [4.78, 5) is 25.8. The Labute approximate surface area is 132 Å². The fourth-order valence-corrected chi connectivity index (χ4v) is 3.33. The minimum absolute atomic E-state index is 0.0000231. The highest BCUT2D eigenvalue weighted by Gasteiger charge is 2.25. The molecule has 4 nitrogen and oxygen atoms in total. The third-order valence-corrected chi connectivity index (χ3v) is 4.45. The SMILES string of the molecule is NC(=O)CC1CCN(C(=O)c2ccc(Br)cc2S)CC1. The van der Waals surface area contributed by atoms with Crippen LogP contribution in [-0.2, 0) is 4.79 Å². The summed E-state index contributed by atoms with van der Waals surface area (Å²) in [5, 5.41) is 0. The normalized spacial score (nSPS) is 16.2. The first kappa shape index (κ1) is 15.4. The fourth-order valence-electron chi connectivity index (χ4n) is 2.48. The fraction of sp³-hybridized carbons (Fsp3) is 0.429. The summed E-state index contributed by atoms with van der Waals surface area (Å²) in [6.45, 7) is 1.33. The minimum Gasteiger partial charge on any atom is -0.370 e. The number of hydrogen-bond acceptors (Lipinski definition) is 3. The molecule has 6 heteroatoms. The number of halogens is 1. The zero-order valence-corrected chi connectivity index (χ0v) is 13.5. The number of amides is 2. The lowest BCUT2D eigenvalue weighted by Crippen LogP contribution is -2.39. The van der Waals surface area contributed by atoms with Gasteiger partial charge in [0.05, 0.1) is 5.56 Å². The van der Waals surface area contributed by atoms with Crippen molar-refractivity contribution >= 4 is 40.4 Å². The lowest BCUT2D eigenvalue weighted by Gasteiger charge is -2.31. The van der Waals surface area contributed by atoms with E-state index in [0.29, 0.717) is 35.9 Å². The predicted octanol–water partition coefficient (Wildman–Crippen LogP) is 2.47. The van der Waals surface area contributed by atoms with Gasteiger partial charge in [0, 0.05) is 28.9 Å². The van der Waals surface area contributed by atoms with Crippen LogP contribution in [0.4, 0.5) is 0 Å². The molecule has 0 spiro atoms. The van der Waals surface area contributed by atoms with E-state index in [1.807, 2.05) is 17.0 Å². The standard InChI is InChI=1S/C14H17BrN2O2S/c15-10-1-2-11(12(20)8-10)14(19)17-5-3-9(4-6-17)7-13(16)18/h1-2,8-9,20H,3-7H2,(H2,16,18). The largest absolute Gasteiger partial charge is 0.370 e. The summed E-state index contributed by atoms with van der Waals surface area (Å²) in [5.74, 6) is 0.0392. The number of carbonyl (C=O) groups is 2. The van der Waals surface area contributed by atoms with Crippen LogP contribution in [0.15, 0.2) is 27.6 Å². The van der Waals surface area contributed by atoms with Crippen molar-refractivity contribution in [1.29, 1.82) is 0 Å². The molecule has 0 aliphatic carbocycles. The second kappa shape index (κ2) is 6.63. The van der Waals surface area contributed by atoms with E-state index in [1.165, 1.54) is 0 Å². The van der Waals surface area contributed by atoms with E-state index in [-0.39, 0.29) is 11.8 Å². The smallest absolute Gasteiger partial charge is 0.254 e. The van der Waals surface area contributed by atoms with E-state index in [2.05, 4.69) is 28.6 Å². The Morgan fingerprint density at radius 2 is 2.00 bits per heavy atom. The zero-order chi connectivity index (χ0) is 14.7. The molecule has 2 N–H and O–H groups in total. The summed E-state index contributed by atoms with van der Waals surface area (Å²) in [6, 6.07) is 5.44. The highest BCUT2D eigenvalue weighted by molar-refractivity contribution is 9.10. The molecule has 2 rings (SSSR count). The highest BCUT2D eigenvalue weighted by Crippen LogP contribution is 2.25. The van der Waals surface area contributed by atoms with E-state index in [9.17, 15) is 9.59 Å². The molecule has 1 aromatic rings. The number of carbonyl (C=O) groups excluding carboxylic acids is 2. The summed E-state index contributed by atoms with van der Waals surface area (Å²) < 4.78 is 0.902. The van der Waals surface area contributed by atoms with Crippen molar-refractivity contribution < 1.29 is 9.59 Å². The molecule has 0 radical (unpaired) electrons. The molecule has 1 fully saturated rings. The Kier molecular flexibility index (Phi) is 5.10. The van der Waals surface area contributed by atoms with Crippen LogP contribution in [0.25, 0.3) is 0 Å². The van der Waals surface area contributed by atoms with Gasteiger partial charge in [0.1, 0.15) is 0 Å². The molecular weight excluding hydrogens is 340 g/mol. The van der Waals surface area contributed by atoms with E-state index in [1.54, 1.807) is 6.07 Å². The Balaban J connectivity index is 1.99. The van der Waals surface area contributed by atoms with Gasteiger partial charge in [-0.25, -0.2) is 0 Å². The molecule has 0 aromatic heterocycles. The molecule has 1 aliphatic rings. The van der Waals surface area contributed by atoms with Crippen molar-refractivity contribution in [3.8, 4) is 0 Å². The molecule has 20 heavy (non-hydrogen) atoms. The molecule has 1 saturated heterocycles. The molecule has 108 valence electrons. The Bertz CT molecular complexity index is 528. The minimum atomic E-state index is -0.264. The average molecular weight is 357 g/mol. The van der Waals surface area contributed by atoms with E-state index in [0.717, 1.165) is 17.3 Å². The molecule has 1 aliphatic heterocycles. The van der Waals surface area contributed by atoms with Gasteiger partial charge in [-0.1, -0.05) is 15.9 Å². The summed E-state index contributed by atoms with van der Waals surface area (Å²) >= 11 is 7.71. The molecule has 0 atom stereocenters. The Morgan fingerprint density at radius 3 is 2.55 bits per heavy atom. The van der Waals surface area contributed by atoms with Gasteiger partial charge in [-0.05, 0) is 37.0 Å². The van der Waals surface area contributed by atoms with Gasteiger partial charge in [-0.3, -0.25) is 9.59 Å². The number of thiol groups is 1. The Morgan fingerprint density at radius 1 is 1.35 bits per heavy atom. The lowest BCUT2D eigenvalue weighted by molar-refractivity contribution is -0.119. The maximum atomic E-state index is 12.4. The van der Waals surface area contributed by atoms with Crippen LogP contribution in [0.5, 0.6) is 0 Å². The van der Waals surface area contributed by atoms with Gasteiger partial charge in [-0.15, -0.1) is 12.6 Å². The lowest BCUT2D eigenvalue weighted by atomic mass is 9.93. The first-order chi connectivity index (χ1) is 9.47. The van der Waals surface area contributed by atoms with Crippen molar-refractivity contribution in [2.24, 2.45) is 11.7 Å². The van der Waals surface area contributed by atoms with Crippen LogP contribution in [0.3, 0.4) is 0 Å². The molecule has 2 amide bonds.